The molecule has 1 saturated heterocycles. The number of halogens is 1. The Hall–Kier alpha value is -1.95. The fraction of sp³-hybridized carbons (Fsp3) is 0.389. The summed E-state index contributed by atoms with van der Waals surface area (Å²) < 4.78 is 1.07. The van der Waals surface area contributed by atoms with Crippen LogP contribution in [0.3, 0.4) is 0 Å². The first kappa shape index (κ1) is 16.9. The van der Waals surface area contributed by atoms with E-state index in [0.717, 1.165) is 35.2 Å². The van der Waals surface area contributed by atoms with E-state index in [1.807, 2.05) is 30.0 Å². The predicted octanol–water partition coefficient (Wildman–Crippen LogP) is 4.16. The maximum Gasteiger partial charge on any atom is 0.274 e. The molecule has 6 heteroatoms. The van der Waals surface area contributed by atoms with Crippen molar-refractivity contribution >= 4 is 33.3 Å². The first-order valence-electron chi connectivity index (χ1n) is 8.17. The van der Waals surface area contributed by atoms with Gasteiger partial charge in [-0.25, -0.2) is 9.97 Å². The van der Waals surface area contributed by atoms with Crippen LogP contribution in [0.2, 0.25) is 0 Å². The number of hydrogen-bond donors (Lipinski definition) is 1. The van der Waals surface area contributed by atoms with Crippen molar-refractivity contribution in [3.63, 3.8) is 0 Å². The summed E-state index contributed by atoms with van der Waals surface area (Å²) in [5, 5.41) is 3.21. The molecule has 0 radical (unpaired) electrons. The lowest BCUT2D eigenvalue weighted by molar-refractivity contribution is 0.0676. The maximum absolute atomic E-state index is 12.5. The molecular weight excluding hydrogens is 368 g/mol. The molecule has 1 aliphatic rings. The van der Waals surface area contributed by atoms with Gasteiger partial charge >= 0.3 is 0 Å². The van der Waals surface area contributed by atoms with Crippen molar-refractivity contribution < 1.29 is 4.79 Å². The predicted molar refractivity (Wildman–Crippen MR) is 98.5 cm³/mol. The van der Waals surface area contributed by atoms with E-state index in [9.17, 15) is 4.79 Å². The molecule has 1 aromatic heterocycles. The van der Waals surface area contributed by atoms with Crippen molar-refractivity contribution in [1.29, 1.82) is 0 Å². The Morgan fingerprint density at radius 2 is 2.17 bits per heavy atom. The molecule has 1 atom stereocenters. The molecule has 24 heavy (non-hydrogen) atoms. The largest absolute Gasteiger partial charge is 0.339 e. The highest BCUT2D eigenvalue weighted by atomic mass is 79.9. The van der Waals surface area contributed by atoms with E-state index in [1.54, 1.807) is 12.4 Å². The molecule has 126 valence electrons. The maximum atomic E-state index is 12.5. The zero-order valence-corrected chi connectivity index (χ0v) is 15.5. The van der Waals surface area contributed by atoms with Gasteiger partial charge in [-0.2, -0.15) is 0 Å². The number of hydrogen-bond acceptors (Lipinski definition) is 4. The van der Waals surface area contributed by atoms with Crippen molar-refractivity contribution in [2.75, 3.05) is 18.4 Å². The lowest BCUT2D eigenvalue weighted by atomic mass is 10.0. The summed E-state index contributed by atoms with van der Waals surface area (Å²) in [5.41, 5.74) is 2.48. The quantitative estimate of drug-likeness (QED) is 0.857. The molecule has 5 nitrogen and oxygen atoms in total. The second-order valence-electron chi connectivity index (χ2n) is 6.37. The second kappa shape index (κ2) is 7.30. The molecule has 0 bridgehead atoms. The average molecular weight is 389 g/mol. The normalized spacial score (nSPS) is 17.6. The number of anilines is 2. The van der Waals surface area contributed by atoms with Crippen LogP contribution in [0.5, 0.6) is 0 Å². The summed E-state index contributed by atoms with van der Waals surface area (Å²) >= 11 is 3.48. The lowest BCUT2D eigenvalue weighted by Crippen LogP contribution is -2.39. The van der Waals surface area contributed by atoms with Crippen LogP contribution >= 0.6 is 15.9 Å². The van der Waals surface area contributed by atoms with Gasteiger partial charge in [0.15, 0.2) is 0 Å². The highest BCUT2D eigenvalue weighted by Crippen LogP contribution is 2.22. The third-order valence-electron chi connectivity index (χ3n) is 4.25. The van der Waals surface area contributed by atoms with Gasteiger partial charge < -0.3 is 10.2 Å². The lowest BCUT2D eigenvalue weighted by Gasteiger charge is -2.30. The van der Waals surface area contributed by atoms with Crippen molar-refractivity contribution in [2.45, 2.75) is 26.7 Å². The first-order chi connectivity index (χ1) is 11.5. The van der Waals surface area contributed by atoms with Crippen molar-refractivity contribution in [1.82, 2.24) is 14.9 Å². The van der Waals surface area contributed by atoms with Crippen LogP contribution in [0.15, 0.2) is 35.1 Å². The molecule has 1 aromatic carbocycles. The molecule has 1 aliphatic heterocycles. The van der Waals surface area contributed by atoms with E-state index >= 15 is 0 Å². The molecule has 0 saturated carbocycles. The van der Waals surface area contributed by atoms with E-state index in [0.29, 0.717) is 17.4 Å². The van der Waals surface area contributed by atoms with Gasteiger partial charge in [-0.3, -0.25) is 4.79 Å². The van der Waals surface area contributed by atoms with Crippen LogP contribution in [0.1, 0.15) is 35.8 Å². The molecule has 1 unspecified atom stereocenters. The second-order valence-corrected chi connectivity index (χ2v) is 7.23. The van der Waals surface area contributed by atoms with E-state index in [1.165, 1.54) is 6.42 Å². The molecule has 3 rings (SSSR count). The van der Waals surface area contributed by atoms with Gasteiger partial charge in [0.2, 0.25) is 0 Å². The number of aromatic nitrogens is 2. The third kappa shape index (κ3) is 3.93. The summed E-state index contributed by atoms with van der Waals surface area (Å²) in [6.07, 6.45) is 5.40. The van der Waals surface area contributed by atoms with Gasteiger partial charge in [0.25, 0.3) is 5.91 Å². The third-order valence-corrected chi connectivity index (χ3v) is 5.14. The number of piperidine rings is 1. The number of amides is 1. The minimum absolute atomic E-state index is 0.0277. The topological polar surface area (TPSA) is 58.1 Å². The minimum Gasteiger partial charge on any atom is -0.339 e. The fourth-order valence-electron chi connectivity index (χ4n) is 2.91. The van der Waals surface area contributed by atoms with Crippen molar-refractivity contribution in [3.05, 3.63) is 46.3 Å². The first-order valence-corrected chi connectivity index (χ1v) is 8.97. The molecule has 1 amide bonds. The average Bonchev–Trinajstić information content (AvgIpc) is 2.58. The van der Waals surface area contributed by atoms with Gasteiger partial charge in [0.1, 0.15) is 11.5 Å². The number of carbonyl (C=O) groups is 1. The van der Waals surface area contributed by atoms with Gasteiger partial charge in [0.05, 0.1) is 12.4 Å². The zero-order valence-electron chi connectivity index (χ0n) is 13.9. The number of rotatable bonds is 3. The monoisotopic (exact) mass is 388 g/mol. The van der Waals surface area contributed by atoms with E-state index in [4.69, 9.17) is 0 Å². The summed E-state index contributed by atoms with van der Waals surface area (Å²) in [5.74, 6) is 1.15. The SMILES string of the molecule is Cc1cc(Nc2cnc(C(=O)N3CCCC(C)C3)cn2)ccc1Br. The summed E-state index contributed by atoms with van der Waals surface area (Å²) in [6, 6.07) is 5.98. The van der Waals surface area contributed by atoms with Gasteiger partial charge in [-0.1, -0.05) is 22.9 Å². The van der Waals surface area contributed by atoms with Gasteiger partial charge in [0, 0.05) is 23.2 Å². The minimum atomic E-state index is -0.0277. The summed E-state index contributed by atoms with van der Waals surface area (Å²) in [6.45, 7) is 5.82. The number of nitrogens with zero attached hydrogens (tertiary/aromatic N) is 3. The van der Waals surface area contributed by atoms with Crippen LogP contribution in [-0.2, 0) is 0 Å². The standard InChI is InChI=1S/C18H21BrN4O/c1-12-4-3-7-23(11-12)18(24)16-9-21-17(10-20-16)22-14-5-6-15(19)13(2)8-14/h5-6,8-10,12H,3-4,7,11H2,1-2H3,(H,21,22). The molecule has 1 fully saturated rings. The van der Waals surface area contributed by atoms with Crippen LogP contribution in [-0.4, -0.2) is 33.9 Å². The Bertz CT molecular complexity index is 732. The number of nitrogens with one attached hydrogen (secondary N) is 1. The fourth-order valence-corrected chi connectivity index (χ4v) is 3.16. The van der Waals surface area contributed by atoms with Gasteiger partial charge in [-0.05, 0) is 49.4 Å². The Kier molecular flexibility index (Phi) is 5.14. The molecular formula is C18H21BrN4O. The number of likely N-dealkylation sites (tertiary alicyclic amines) is 1. The Morgan fingerprint density at radius 1 is 1.33 bits per heavy atom. The molecule has 0 spiro atoms. The van der Waals surface area contributed by atoms with Crippen molar-refractivity contribution in [3.8, 4) is 0 Å². The van der Waals surface area contributed by atoms with Crippen molar-refractivity contribution in [2.24, 2.45) is 5.92 Å². The molecule has 1 N–H and O–H groups in total. The van der Waals surface area contributed by atoms with Crippen LogP contribution in [0, 0.1) is 12.8 Å². The van der Waals surface area contributed by atoms with Crippen LogP contribution < -0.4 is 5.32 Å². The Morgan fingerprint density at radius 3 is 2.83 bits per heavy atom. The number of aryl methyl sites for hydroxylation is 1. The zero-order chi connectivity index (χ0) is 17.1. The molecule has 0 aliphatic carbocycles. The molecule has 2 aromatic rings. The Labute approximate surface area is 150 Å². The number of carbonyl (C=O) groups excluding carboxylic acids is 1. The summed E-state index contributed by atoms with van der Waals surface area (Å²) in [4.78, 5) is 23.0. The van der Waals surface area contributed by atoms with Crippen LogP contribution in [0.25, 0.3) is 0 Å². The van der Waals surface area contributed by atoms with Gasteiger partial charge in [-0.15, -0.1) is 0 Å². The highest BCUT2D eigenvalue weighted by Gasteiger charge is 2.23. The smallest absolute Gasteiger partial charge is 0.274 e. The molecule has 2 heterocycles. The van der Waals surface area contributed by atoms with Crippen LogP contribution in [0.4, 0.5) is 11.5 Å². The van der Waals surface area contributed by atoms with E-state index < -0.39 is 0 Å². The highest BCUT2D eigenvalue weighted by molar-refractivity contribution is 9.10. The van der Waals surface area contributed by atoms with E-state index in [2.05, 4.69) is 38.1 Å². The Balaban J connectivity index is 1.68. The summed E-state index contributed by atoms with van der Waals surface area (Å²) in [7, 11) is 0. The van der Waals surface area contributed by atoms with E-state index in [-0.39, 0.29) is 5.91 Å². The number of benzene rings is 1.